The SMILES string of the molecule is CC[C@@]1(C(=O)O)CCCN(C(=O)c2ccc(S(C)(=O)=O)cc2)C1. The van der Waals surface area contributed by atoms with Crippen LogP contribution in [0.5, 0.6) is 0 Å². The lowest BCUT2D eigenvalue weighted by molar-refractivity contribution is -0.152. The molecule has 7 heteroatoms. The van der Waals surface area contributed by atoms with Crippen molar-refractivity contribution in [3.8, 4) is 0 Å². The van der Waals surface area contributed by atoms with Gasteiger partial charge in [0.05, 0.1) is 10.3 Å². The standard InChI is InChI=1S/C16H21NO5S/c1-3-16(15(19)20)9-4-10-17(11-16)14(18)12-5-7-13(8-6-12)23(2,21)22/h5-8H,3-4,9-11H2,1-2H3,(H,19,20)/t16-/m1/s1. The van der Waals surface area contributed by atoms with E-state index in [1.54, 1.807) is 4.90 Å². The molecule has 6 nitrogen and oxygen atoms in total. The number of piperidine rings is 1. The fraction of sp³-hybridized carbons (Fsp3) is 0.500. The minimum absolute atomic E-state index is 0.154. The van der Waals surface area contributed by atoms with Crippen molar-refractivity contribution < 1.29 is 23.1 Å². The molecule has 0 saturated carbocycles. The zero-order chi connectivity index (χ0) is 17.3. The summed E-state index contributed by atoms with van der Waals surface area (Å²) in [6.07, 6.45) is 2.79. The Labute approximate surface area is 136 Å². The molecule has 0 bridgehead atoms. The zero-order valence-electron chi connectivity index (χ0n) is 13.3. The second-order valence-electron chi connectivity index (χ2n) is 6.07. The molecule has 1 amide bonds. The van der Waals surface area contributed by atoms with Crippen LogP contribution >= 0.6 is 0 Å². The number of likely N-dealkylation sites (tertiary alicyclic amines) is 1. The summed E-state index contributed by atoms with van der Waals surface area (Å²) < 4.78 is 22.9. The number of carboxylic acids is 1. The average Bonchev–Trinajstić information content (AvgIpc) is 2.53. The van der Waals surface area contributed by atoms with Gasteiger partial charge >= 0.3 is 5.97 Å². The van der Waals surface area contributed by atoms with E-state index in [0.717, 1.165) is 6.26 Å². The Morgan fingerprint density at radius 3 is 2.35 bits per heavy atom. The van der Waals surface area contributed by atoms with Gasteiger partial charge in [-0.15, -0.1) is 0 Å². The molecule has 1 N–H and O–H groups in total. The maximum absolute atomic E-state index is 12.6. The second kappa shape index (κ2) is 6.31. The molecule has 1 saturated heterocycles. The van der Waals surface area contributed by atoms with E-state index in [1.807, 2.05) is 6.92 Å². The van der Waals surface area contributed by atoms with Gasteiger partial charge in [0.2, 0.25) is 0 Å². The highest BCUT2D eigenvalue weighted by Gasteiger charge is 2.42. The molecular weight excluding hydrogens is 318 g/mol. The van der Waals surface area contributed by atoms with Crippen molar-refractivity contribution in [2.75, 3.05) is 19.3 Å². The van der Waals surface area contributed by atoms with Crippen molar-refractivity contribution in [1.29, 1.82) is 0 Å². The van der Waals surface area contributed by atoms with E-state index in [0.29, 0.717) is 31.4 Å². The Bertz CT molecular complexity index is 710. The molecule has 1 fully saturated rings. The number of nitrogens with zero attached hydrogens (tertiary/aromatic N) is 1. The van der Waals surface area contributed by atoms with Crippen molar-refractivity contribution in [2.45, 2.75) is 31.1 Å². The Hall–Kier alpha value is -1.89. The van der Waals surface area contributed by atoms with Gasteiger partial charge in [-0.2, -0.15) is 0 Å². The molecule has 1 aliphatic heterocycles. The number of benzene rings is 1. The molecule has 1 aromatic rings. The summed E-state index contributed by atoms with van der Waals surface area (Å²) in [7, 11) is -3.31. The third-order valence-corrected chi connectivity index (χ3v) is 5.65. The van der Waals surface area contributed by atoms with Crippen LogP contribution in [-0.4, -0.2) is 49.6 Å². The van der Waals surface area contributed by atoms with Crippen LogP contribution in [0.2, 0.25) is 0 Å². The van der Waals surface area contributed by atoms with Crippen LogP contribution in [0.4, 0.5) is 0 Å². The number of carbonyl (C=O) groups is 2. The Kier molecular flexibility index (Phi) is 4.79. The fourth-order valence-electron chi connectivity index (χ4n) is 2.95. The largest absolute Gasteiger partial charge is 0.481 e. The molecule has 1 atom stereocenters. The highest BCUT2D eigenvalue weighted by molar-refractivity contribution is 7.90. The molecule has 1 aliphatic rings. The number of amides is 1. The number of carbonyl (C=O) groups excluding carboxylic acids is 1. The lowest BCUT2D eigenvalue weighted by atomic mass is 9.77. The van der Waals surface area contributed by atoms with Gasteiger partial charge in [-0.05, 0) is 43.5 Å². The highest BCUT2D eigenvalue weighted by Crippen LogP contribution is 2.34. The van der Waals surface area contributed by atoms with Crippen LogP contribution in [0.1, 0.15) is 36.5 Å². The van der Waals surface area contributed by atoms with Crippen LogP contribution in [0.3, 0.4) is 0 Å². The quantitative estimate of drug-likeness (QED) is 0.903. The number of rotatable bonds is 4. The van der Waals surface area contributed by atoms with Gasteiger partial charge in [-0.1, -0.05) is 6.92 Å². The maximum atomic E-state index is 12.6. The monoisotopic (exact) mass is 339 g/mol. The van der Waals surface area contributed by atoms with Gasteiger partial charge in [0.15, 0.2) is 9.84 Å². The number of sulfone groups is 1. The predicted molar refractivity (Wildman–Crippen MR) is 85.0 cm³/mol. The van der Waals surface area contributed by atoms with E-state index in [2.05, 4.69) is 0 Å². The molecule has 0 aliphatic carbocycles. The van der Waals surface area contributed by atoms with E-state index in [1.165, 1.54) is 24.3 Å². The lowest BCUT2D eigenvalue weighted by Crippen LogP contribution is -2.49. The Balaban J connectivity index is 2.21. The van der Waals surface area contributed by atoms with Crippen molar-refractivity contribution >= 4 is 21.7 Å². The van der Waals surface area contributed by atoms with Crippen molar-refractivity contribution in [1.82, 2.24) is 4.90 Å². The number of aliphatic carboxylic acids is 1. The Morgan fingerprint density at radius 2 is 1.87 bits per heavy atom. The molecule has 0 aromatic heterocycles. The van der Waals surface area contributed by atoms with Gasteiger partial charge in [-0.3, -0.25) is 9.59 Å². The maximum Gasteiger partial charge on any atom is 0.311 e. The molecule has 1 aromatic carbocycles. The summed E-state index contributed by atoms with van der Waals surface area (Å²) >= 11 is 0. The first-order valence-corrected chi connectivity index (χ1v) is 9.41. The van der Waals surface area contributed by atoms with Gasteiger partial charge in [-0.25, -0.2) is 8.42 Å². The summed E-state index contributed by atoms with van der Waals surface area (Å²) in [5, 5.41) is 9.48. The molecular formula is C16H21NO5S. The summed E-state index contributed by atoms with van der Waals surface area (Å²) in [5.74, 6) is -1.13. The first kappa shape index (κ1) is 17.5. The smallest absolute Gasteiger partial charge is 0.311 e. The molecule has 0 unspecified atom stereocenters. The zero-order valence-corrected chi connectivity index (χ0v) is 14.1. The second-order valence-corrected chi connectivity index (χ2v) is 8.08. The Morgan fingerprint density at radius 1 is 1.26 bits per heavy atom. The highest BCUT2D eigenvalue weighted by atomic mass is 32.2. The van der Waals surface area contributed by atoms with E-state index in [4.69, 9.17) is 0 Å². The summed E-state index contributed by atoms with van der Waals surface area (Å²) in [5.41, 5.74) is -0.518. The van der Waals surface area contributed by atoms with E-state index < -0.39 is 21.2 Å². The average molecular weight is 339 g/mol. The van der Waals surface area contributed by atoms with E-state index in [9.17, 15) is 23.1 Å². The van der Waals surface area contributed by atoms with Crippen molar-refractivity contribution in [3.63, 3.8) is 0 Å². The normalized spacial score (nSPS) is 21.9. The van der Waals surface area contributed by atoms with Gasteiger partial charge in [0, 0.05) is 24.9 Å². The molecule has 0 radical (unpaired) electrons. The van der Waals surface area contributed by atoms with E-state index in [-0.39, 0.29) is 17.3 Å². The minimum atomic E-state index is -3.31. The van der Waals surface area contributed by atoms with Crippen molar-refractivity contribution in [3.05, 3.63) is 29.8 Å². The van der Waals surface area contributed by atoms with Crippen LogP contribution in [0.25, 0.3) is 0 Å². The van der Waals surface area contributed by atoms with Crippen molar-refractivity contribution in [2.24, 2.45) is 5.41 Å². The summed E-state index contributed by atoms with van der Waals surface area (Å²) in [4.78, 5) is 25.8. The first-order chi connectivity index (χ1) is 10.7. The number of hydrogen-bond acceptors (Lipinski definition) is 4. The minimum Gasteiger partial charge on any atom is -0.481 e. The fourth-order valence-corrected chi connectivity index (χ4v) is 3.58. The van der Waals surface area contributed by atoms with Crippen LogP contribution < -0.4 is 0 Å². The molecule has 126 valence electrons. The van der Waals surface area contributed by atoms with Crippen LogP contribution in [-0.2, 0) is 14.6 Å². The van der Waals surface area contributed by atoms with Crippen LogP contribution in [0, 0.1) is 5.41 Å². The lowest BCUT2D eigenvalue weighted by Gasteiger charge is -2.39. The molecule has 23 heavy (non-hydrogen) atoms. The number of hydrogen-bond donors (Lipinski definition) is 1. The summed E-state index contributed by atoms with van der Waals surface area (Å²) in [6, 6.07) is 5.75. The first-order valence-electron chi connectivity index (χ1n) is 7.52. The summed E-state index contributed by atoms with van der Waals surface area (Å²) in [6.45, 7) is 2.52. The molecule has 0 spiro atoms. The van der Waals surface area contributed by atoms with E-state index >= 15 is 0 Å². The van der Waals surface area contributed by atoms with Gasteiger partial charge in [0.25, 0.3) is 5.91 Å². The number of carboxylic acid groups (broad SMARTS) is 1. The third-order valence-electron chi connectivity index (χ3n) is 4.52. The topological polar surface area (TPSA) is 91.8 Å². The molecule has 2 rings (SSSR count). The van der Waals surface area contributed by atoms with Gasteiger partial charge < -0.3 is 10.0 Å². The molecule has 1 heterocycles. The third kappa shape index (κ3) is 3.55. The van der Waals surface area contributed by atoms with Gasteiger partial charge in [0.1, 0.15) is 0 Å². The van der Waals surface area contributed by atoms with Crippen LogP contribution in [0.15, 0.2) is 29.2 Å². The predicted octanol–water partition coefficient (Wildman–Crippen LogP) is 1.81.